The normalized spacial score (nSPS) is 11.7. The van der Waals surface area contributed by atoms with Crippen LogP contribution in [-0.4, -0.2) is 4.98 Å². The Morgan fingerprint density at radius 3 is 2.23 bits per heavy atom. The fraction of sp³-hybridized carbons (Fsp3) is 0.342. The average Bonchev–Trinajstić information content (AvgIpc) is 2.90. The molecule has 0 saturated carbocycles. The van der Waals surface area contributed by atoms with Gasteiger partial charge in [0.15, 0.2) is 0 Å². The van der Waals surface area contributed by atoms with Crippen LogP contribution in [0.3, 0.4) is 0 Å². The molecule has 4 rings (SSSR count). The van der Waals surface area contributed by atoms with Crippen LogP contribution in [0.2, 0.25) is 0 Å². The Kier molecular flexibility index (Phi) is 8.98. The van der Waals surface area contributed by atoms with E-state index in [1.807, 2.05) is 6.20 Å². The summed E-state index contributed by atoms with van der Waals surface area (Å²) in [5.41, 5.74) is 10.1. The molecule has 1 aromatic heterocycles. The first kappa shape index (κ1) is 29.3. The van der Waals surface area contributed by atoms with Gasteiger partial charge in [-0.15, -0.1) is 0 Å². The molecule has 0 N–H and O–H groups in total. The van der Waals surface area contributed by atoms with Crippen molar-refractivity contribution < 1.29 is 0 Å². The second-order valence-corrected chi connectivity index (χ2v) is 12.9. The van der Waals surface area contributed by atoms with Gasteiger partial charge in [0, 0.05) is 23.8 Å². The number of rotatable bonds is 10. The summed E-state index contributed by atoms with van der Waals surface area (Å²) < 4.78 is 0. The van der Waals surface area contributed by atoms with Gasteiger partial charge in [-0.05, 0) is 94.0 Å². The van der Waals surface area contributed by atoms with Crippen LogP contribution in [0.1, 0.15) is 76.6 Å². The lowest BCUT2D eigenvalue weighted by Crippen LogP contribution is -2.25. The highest BCUT2D eigenvalue weighted by Gasteiger charge is 2.21. The molecule has 4 aromatic rings. The van der Waals surface area contributed by atoms with Gasteiger partial charge in [-0.2, -0.15) is 0 Å². The summed E-state index contributed by atoms with van der Waals surface area (Å²) in [5.74, 6) is 1.54. The van der Waals surface area contributed by atoms with Gasteiger partial charge in [-0.1, -0.05) is 109 Å². The number of pyridine rings is 1. The van der Waals surface area contributed by atoms with Crippen molar-refractivity contribution in [3.63, 3.8) is 0 Å². The minimum Gasteiger partial charge on any atom is -0.326 e. The van der Waals surface area contributed by atoms with Gasteiger partial charge >= 0.3 is 0 Å². The van der Waals surface area contributed by atoms with E-state index in [4.69, 9.17) is 4.98 Å². The van der Waals surface area contributed by atoms with E-state index in [-0.39, 0.29) is 5.41 Å². The summed E-state index contributed by atoms with van der Waals surface area (Å²) >= 11 is 0. The molecule has 0 aliphatic carbocycles. The maximum atomic E-state index is 4.91. The molecule has 0 aliphatic heterocycles. The predicted octanol–water partition coefficient (Wildman–Crippen LogP) is 10.8. The molecule has 0 bridgehead atoms. The summed E-state index contributed by atoms with van der Waals surface area (Å²) in [7, 11) is 0. The zero-order valence-corrected chi connectivity index (χ0v) is 25.6. The second kappa shape index (κ2) is 12.3. The number of hydrogen-bond acceptors (Lipinski definition) is 2. The second-order valence-electron chi connectivity index (χ2n) is 12.9. The smallest absolute Gasteiger partial charge is 0.140 e. The van der Waals surface area contributed by atoms with Crippen molar-refractivity contribution in [2.75, 3.05) is 4.90 Å². The first-order valence-corrected chi connectivity index (χ1v) is 14.7. The molecule has 2 nitrogen and oxygen atoms in total. The molecule has 3 aromatic carbocycles. The van der Waals surface area contributed by atoms with E-state index in [1.54, 1.807) is 0 Å². The highest BCUT2D eigenvalue weighted by Crippen LogP contribution is 2.35. The number of anilines is 1. The number of nitrogens with zero attached hydrogens (tertiary/aromatic N) is 2. The van der Waals surface area contributed by atoms with Gasteiger partial charge < -0.3 is 4.90 Å². The van der Waals surface area contributed by atoms with Crippen LogP contribution in [-0.2, 0) is 13.0 Å². The Morgan fingerprint density at radius 1 is 0.900 bits per heavy atom. The van der Waals surface area contributed by atoms with Crippen molar-refractivity contribution in [1.82, 2.24) is 4.98 Å². The summed E-state index contributed by atoms with van der Waals surface area (Å²) in [4.78, 5) is 7.22. The van der Waals surface area contributed by atoms with Gasteiger partial charge in [-0.3, -0.25) is 0 Å². The predicted molar refractivity (Wildman–Crippen MR) is 176 cm³/mol. The fourth-order valence-electron chi connectivity index (χ4n) is 5.51. The number of aryl methyl sites for hydroxylation is 2. The third kappa shape index (κ3) is 7.10. The van der Waals surface area contributed by atoms with Crippen molar-refractivity contribution in [2.24, 2.45) is 11.3 Å². The Hall–Kier alpha value is -3.65. The molecule has 0 spiro atoms. The maximum Gasteiger partial charge on any atom is 0.140 e. The lowest BCUT2D eigenvalue weighted by atomic mass is 9.90. The Labute approximate surface area is 242 Å². The molecule has 40 heavy (non-hydrogen) atoms. The lowest BCUT2D eigenvalue weighted by molar-refractivity contribution is 0.404. The van der Waals surface area contributed by atoms with E-state index < -0.39 is 0 Å². The van der Waals surface area contributed by atoms with Crippen molar-refractivity contribution in [1.29, 1.82) is 0 Å². The zero-order valence-electron chi connectivity index (χ0n) is 25.6. The fourth-order valence-corrected chi connectivity index (χ4v) is 5.51. The van der Waals surface area contributed by atoms with E-state index in [0.29, 0.717) is 5.92 Å². The van der Waals surface area contributed by atoms with Crippen LogP contribution in [0.4, 0.5) is 5.82 Å². The molecule has 1 heterocycles. The SMILES string of the molecule is C=C(CC(C)C)c1ccc2c(N(Cc3ccc(-c4ccc(CC)c(C)c4)cc3)C(=C)CC(C)(C)C)nccc2c1. The number of hydrogen-bond donors (Lipinski definition) is 0. The number of aromatic nitrogens is 1. The Morgan fingerprint density at radius 2 is 1.60 bits per heavy atom. The standard InChI is InChI=1S/C38H46N2/c1-10-31-15-16-34(22-28(31)5)32-13-11-30(12-14-32)25-40(29(6)24-38(7,8)9)37-36-18-17-33(27(4)21-26(2)3)23-35(36)19-20-39-37/h11-20,22-23,26H,4,6,10,21,24-25H2,1-3,5,7-9H3. The Bertz CT molecular complexity index is 1500. The van der Waals surface area contributed by atoms with E-state index >= 15 is 0 Å². The van der Waals surface area contributed by atoms with Gasteiger partial charge in [0.1, 0.15) is 5.82 Å². The first-order chi connectivity index (χ1) is 18.9. The molecule has 0 unspecified atom stereocenters. The third-order valence-corrected chi connectivity index (χ3v) is 7.53. The molecule has 0 atom stereocenters. The topological polar surface area (TPSA) is 16.1 Å². The molecule has 0 aliphatic rings. The van der Waals surface area contributed by atoms with Crippen LogP contribution >= 0.6 is 0 Å². The van der Waals surface area contributed by atoms with Gasteiger partial charge in [0.25, 0.3) is 0 Å². The van der Waals surface area contributed by atoms with Crippen molar-refractivity contribution in [2.45, 2.75) is 74.3 Å². The third-order valence-electron chi connectivity index (χ3n) is 7.53. The van der Waals surface area contributed by atoms with Crippen LogP contribution in [0.5, 0.6) is 0 Å². The number of benzene rings is 3. The quantitative estimate of drug-likeness (QED) is 0.203. The van der Waals surface area contributed by atoms with Gasteiger partial charge in [-0.25, -0.2) is 4.98 Å². The molecular weight excluding hydrogens is 484 g/mol. The number of fused-ring (bicyclic) bond motifs is 1. The van der Waals surface area contributed by atoms with Crippen LogP contribution in [0.25, 0.3) is 27.5 Å². The van der Waals surface area contributed by atoms with E-state index in [2.05, 4.69) is 133 Å². The number of allylic oxidation sites excluding steroid dienone is 2. The van der Waals surface area contributed by atoms with Crippen molar-refractivity contribution in [3.8, 4) is 11.1 Å². The highest BCUT2D eigenvalue weighted by atomic mass is 15.2. The molecule has 0 amide bonds. The van der Waals surface area contributed by atoms with Crippen LogP contribution in [0, 0.1) is 18.3 Å². The summed E-state index contributed by atoms with van der Waals surface area (Å²) in [5, 5.41) is 2.32. The van der Waals surface area contributed by atoms with Crippen molar-refractivity contribution in [3.05, 3.63) is 114 Å². The molecule has 2 heteroatoms. The maximum absolute atomic E-state index is 4.91. The van der Waals surface area contributed by atoms with Gasteiger partial charge in [0.05, 0.1) is 0 Å². The summed E-state index contributed by atoms with van der Waals surface area (Å²) in [6, 6.07) is 24.5. The van der Waals surface area contributed by atoms with Crippen molar-refractivity contribution >= 4 is 22.2 Å². The molecule has 0 radical (unpaired) electrons. The molecule has 0 fully saturated rings. The van der Waals surface area contributed by atoms with Crippen LogP contribution < -0.4 is 4.90 Å². The zero-order chi connectivity index (χ0) is 29.0. The highest BCUT2D eigenvalue weighted by molar-refractivity contribution is 5.94. The first-order valence-electron chi connectivity index (χ1n) is 14.7. The van der Waals surface area contributed by atoms with E-state index in [9.17, 15) is 0 Å². The summed E-state index contributed by atoms with van der Waals surface area (Å²) in [6.07, 6.45) is 4.87. The molecule has 0 saturated heterocycles. The van der Waals surface area contributed by atoms with E-state index in [0.717, 1.165) is 42.7 Å². The van der Waals surface area contributed by atoms with E-state index in [1.165, 1.54) is 44.3 Å². The molecular formula is C38H46N2. The minimum atomic E-state index is 0.119. The van der Waals surface area contributed by atoms with Gasteiger partial charge in [0.2, 0.25) is 0 Å². The summed E-state index contributed by atoms with van der Waals surface area (Å²) in [6.45, 7) is 25.3. The lowest BCUT2D eigenvalue weighted by Gasteiger charge is -2.31. The Balaban J connectivity index is 1.68. The van der Waals surface area contributed by atoms with Crippen LogP contribution in [0.15, 0.2) is 91.8 Å². The average molecular weight is 531 g/mol. The minimum absolute atomic E-state index is 0.119. The monoisotopic (exact) mass is 530 g/mol. The largest absolute Gasteiger partial charge is 0.326 e. The molecule has 208 valence electrons.